The van der Waals surface area contributed by atoms with Gasteiger partial charge in [0.05, 0.1) is 5.52 Å². The summed E-state index contributed by atoms with van der Waals surface area (Å²) in [5, 5.41) is 12.6. The second-order valence-electron chi connectivity index (χ2n) is 4.48. The minimum Gasteiger partial charge on any atom is -0.409 e. The van der Waals surface area contributed by atoms with Gasteiger partial charge in [-0.25, -0.2) is 9.97 Å². The van der Waals surface area contributed by atoms with Crippen LogP contribution in [0.25, 0.3) is 10.9 Å². The Morgan fingerprint density at radius 2 is 2.21 bits per heavy atom. The first-order valence-corrected chi connectivity index (χ1v) is 6.03. The summed E-state index contributed by atoms with van der Waals surface area (Å²) in [6, 6.07) is 7.85. The maximum atomic E-state index is 8.59. The number of para-hydroxylation sites is 1. The summed E-state index contributed by atoms with van der Waals surface area (Å²) in [7, 11) is 1.89. The van der Waals surface area contributed by atoms with Gasteiger partial charge in [-0.05, 0) is 13.0 Å². The highest BCUT2D eigenvalue weighted by Gasteiger charge is 2.14. The highest BCUT2D eigenvalue weighted by molar-refractivity contribution is 5.81. The molecule has 0 bridgehead atoms. The van der Waals surface area contributed by atoms with Crippen molar-refractivity contribution in [3.8, 4) is 0 Å². The van der Waals surface area contributed by atoms with Gasteiger partial charge in [0.15, 0.2) is 0 Å². The van der Waals surface area contributed by atoms with E-state index in [0.29, 0.717) is 12.4 Å². The van der Waals surface area contributed by atoms with Crippen molar-refractivity contribution in [1.29, 1.82) is 0 Å². The lowest BCUT2D eigenvalue weighted by Gasteiger charge is -2.24. The zero-order valence-electron chi connectivity index (χ0n) is 11.0. The molecule has 0 radical (unpaired) electrons. The van der Waals surface area contributed by atoms with Crippen molar-refractivity contribution in [2.45, 2.75) is 19.4 Å². The number of anilines is 1. The molecule has 1 heterocycles. The molecule has 6 nitrogen and oxygen atoms in total. The van der Waals surface area contributed by atoms with E-state index in [4.69, 9.17) is 10.9 Å². The predicted molar refractivity (Wildman–Crippen MR) is 75.4 cm³/mol. The van der Waals surface area contributed by atoms with Crippen LogP contribution in [0.3, 0.4) is 0 Å². The Kier molecular flexibility index (Phi) is 3.79. The molecule has 0 saturated heterocycles. The van der Waals surface area contributed by atoms with Gasteiger partial charge in [0, 0.05) is 31.1 Å². The van der Waals surface area contributed by atoms with Gasteiger partial charge in [-0.3, -0.25) is 0 Å². The number of oxime groups is 1. The van der Waals surface area contributed by atoms with Crippen molar-refractivity contribution in [2.24, 2.45) is 10.9 Å². The van der Waals surface area contributed by atoms with Gasteiger partial charge in [0.25, 0.3) is 0 Å². The third-order valence-corrected chi connectivity index (χ3v) is 3.09. The van der Waals surface area contributed by atoms with Crippen molar-refractivity contribution >= 4 is 22.7 Å². The molecule has 1 aromatic heterocycles. The maximum absolute atomic E-state index is 8.59. The number of nitrogens with two attached hydrogens (primary N) is 1. The van der Waals surface area contributed by atoms with Gasteiger partial charge in [-0.2, -0.15) is 0 Å². The summed E-state index contributed by atoms with van der Waals surface area (Å²) in [5.74, 6) is 0.817. The molecule has 6 heteroatoms. The normalized spacial score (nSPS) is 13.5. The molecule has 0 saturated carbocycles. The molecule has 2 aromatic rings. The molecule has 2 rings (SSSR count). The number of hydrogen-bond donors (Lipinski definition) is 2. The summed E-state index contributed by atoms with van der Waals surface area (Å²) in [6.07, 6.45) is 2.24. The van der Waals surface area contributed by atoms with Crippen LogP contribution in [0.4, 0.5) is 5.95 Å². The number of aromatic nitrogens is 2. The third kappa shape index (κ3) is 2.90. The largest absolute Gasteiger partial charge is 0.409 e. The van der Waals surface area contributed by atoms with Crippen molar-refractivity contribution in [2.75, 3.05) is 11.9 Å². The molecular weight excluding hydrogens is 242 g/mol. The fourth-order valence-corrected chi connectivity index (χ4v) is 1.81. The minimum atomic E-state index is 0.0389. The van der Waals surface area contributed by atoms with E-state index in [0.717, 1.165) is 10.9 Å². The number of rotatable bonds is 4. The second-order valence-corrected chi connectivity index (χ2v) is 4.48. The van der Waals surface area contributed by atoms with E-state index in [1.54, 1.807) is 6.20 Å². The minimum absolute atomic E-state index is 0.0389. The smallest absolute Gasteiger partial charge is 0.225 e. The van der Waals surface area contributed by atoms with Crippen LogP contribution in [0.15, 0.2) is 35.6 Å². The first kappa shape index (κ1) is 13.1. The van der Waals surface area contributed by atoms with Crippen LogP contribution in [0.5, 0.6) is 0 Å². The first-order chi connectivity index (χ1) is 9.11. The molecule has 0 spiro atoms. The maximum Gasteiger partial charge on any atom is 0.225 e. The van der Waals surface area contributed by atoms with Gasteiger partial charge < -0.3 is 15.8 Å². The Hall–Kier alpha value is -2.37. The zero-order valence-corrected chi connectivity index (χ0v) is 11.0. The van der Waals surface area contributed by atoms with Crippen molar-refractivity contribution in [1.82, 2.24) is 9.97 Å². The number of benzene rings is 1. The Morgan fingerprint density at radius 1 is 1.47 bits per heavy atom. The quantitative estimate of drug-likeness (QED) is 0.377. The van der Waals surface area contributed by atoms with Crippen LogP contribution in [-0.4, -0.2) is 34.1 Å². The average molecular weight is 259 g/mol. The Bertz CT molecular complexity index is 598. The van der Waals surface area contributed by atoms with Crippen LogP contribution in [0.1, 0.15) is 13.3 Å². The van der Waals surface area contributed by atoms with Gasteiger partial charge in [0.2, 0.25) is 5.95 Å². The lowest BCUT2D eigenvalue weighted by Crippen LogP contribution is -2.34. The average Bonchev–Trinajstić information content (AvgIpc) is 2.45. The monoisotopic (exact) mass is 259 g/mol. The van der Waals surface area contributed by atoms with E-state index >= 15 is 0 Å². The number of fused-ring (bicyclic) bond motifs is 1. The fourth-order valence-electron chi connectivity index (χ4n) is 1.81. The van der Waals surface area contributed by atoms with Crippen LogP contribution in [0.2, 0.25) is 0 Å². The highest BCUT2D eigenvalue weighted by atomic mass is 16.4. The lowest BCUT2D eigenvalue weighted by molar-refractivity contribution is 0.316. The molecule has 3 N–H and O–H groups in total. The van der Waals surface area contributed by atoms with Gasteiger partial charge in [0.1, 0.15) is 5.84 Å². The summed E-state index contributed by atoms with van der Waals surface area (Å²) >= 11 is 0. The van der Waals surface area contributed by atoms with Crippen LogP contribution >= 0.6 is 0 Å². The topological polar surface area (TPSA) is 87.6 Å². The molecule has 100 valence electrons. The Labute approximate surface area is 111 Å². The molecule has 0 aliphatic rings. The summed E-state index contributed by atoms with van der Waals surface area (Å²) in [5.41, 5.74) is 6.41. The Morgan fingerprint density at radius 3 is 2.95 bits per heavy atom. The summed E-state index contributed by atoms with van der Waals surface area (Å²) < 4.78 is 0. The first-order valence-electron chi connectivity index (χ1n) is 6.03. The predicted octanol–water partition coefficient (Wildman–Crippen LogP) is 1.59. The lowest BCUT2D eigenvalue weighted by atomic mass is 10.2. The molecule has 1 atom stereocenters. The summed E-state index contributed by atoms with van der Waals surface area (Å²) in [6.45, 7) is 1.97. The van der Waals surface area contributed by atoms with Gasteiger partial charge in [-0.15, -0.1) is 0 Å². The number of amidine groups is 1. The van der Waals surface area contributed by atoms with E-state index in [2.05, 4.69) is 15.1 Å². The molecule has 1 unspecified atom stereocenters. The molecule has 0 aliphatic heterocycles. The summed E-state index contributed by atoms with van der Waals surface area (Å²) in [4.78, 5) is 10.7. The van der Waals surface area contributed by atoms with Crippen LogP contribution in [-0.2, 0) is 0 Å². The van der Waals surface area contributed by atoms with Crippen LogP contribution in [0, 0.1) is 0 Å². The van der Waals surface area contributed by atoms with E-state index < -0.39 is 0 Å². The van der Waals surface area contributed by atoms with Crippen LogP contribution < -0.4 is 10.6 Å². The molecule has 0 amide bonds. The molecule has 0 fully saturated rings. The molecule has 0 aliphatic carbocycles. The number of hydrogen-bond acceptors (Lipinski definition) is 5. The highest BCUT2D eigenvalue weighted by Crippen LogP contribution is 2.16. The fraction of sp³-hybridized carbons (Fsp3) is 0.308. The van der Waals surface area contributed by atoms with Crippen molar-refractivity contribution in [3.05, 3.63) is 30.5 Å². The molecule has 1 aromatic carbocycles. The van der Waals surface area contributed by atoms with E-state index in [9.17, 15) is 0 Å². The number of nitrogens with zero attached hydrogens (tertiary/aromatic N) is 4. The SMILES string of the molecule is CC(C/C(N)=N/O)N(C)c1ncc2ccccc2n1. The second kappa shape index (κ2) is 5.51. The standard InChI is InChI=1S/C13H17N5O/c1-9(7-12(14)17-19)18(2)13-15-8-10-5-3-4-6-11(10)16-13/h3-6,8-9,19H,7H2,1-2H3,(H2,14,17). The van der Waals surface area contributed by atoms with Crippen molar-refractivity contribution in [3.63, 3.8) is 0 Å². The zero-order chi connectivity index (χ0) is 13.8. The van der Waals surface area contributed by atoms with Gasteiger partial charge in [-0.1, -0.05) is 23.4 Å². The van der Waals surface area contributed by atoms with Crippen molar-refractivity contribution < 1.29 is 5.21 Å². The van der Waals surface area contributed by atoms with E-state index in [1.165, 1.54) is 0 Å². The third-order valence-electron chi connectivity index (χ3n) is 3.09. The molecular formula is C13H17N5O. The van der Waals surface area contributed by atoms with E-state index in [-0.39, 0.29) is 11.9 Å². The van der Waals surface area contributed by atoms with Gasteiger partial charge >= 0.3 is 0 Å². The Balaban J connectivity index is 2.23. The molecule has 19 heavy (non-hydrogen) atoms. The van der Waals surface area contributed by atoms with E-state index in [1.807, 2.05) is 43.1 Å².